The number of para-hydroxylation sites is 1. The van der Waals surface area contributed by atoms with Crippen molar-refractivity contribution in [3.63, 3.8) is 0 Å². The van der Waals surface area contributed by atoms with Crippen molar-refractivity contribution in [2.45, 2.75) is 0 Å². The highest BCUT2D eigenvalue weighted by Gasteiger charge is 2.33. The molecule has 1 saturated heterocycles. The van der Waals surface area contributed by atoms with Crippen LogP contribution in [0.15, 0.2) is 47.4 Å². The summed E-state index contributed by atoms with van der Waals surface area (Å²) in [5.74, 6) is 0.659. The van der Waals surface area contributed by atoms with Crippen molar-refractivity contribution in [1.29, 1.82) is 0 Å². The number of hydrogen-bond donors (Lipinski definition) is 0. The van der Waals surface area contributed by atoms with Gasteiger partial charge in [-0.2, -0.15) is 0 Å². The first-order valence-electron chi connectivity index (χ1n) is 7.05. The summed E-state index contributed by atoms with van der Waals surface area (Å²) in [6.07, 6.45) is 1.73. The van der Waals surface area contributed by atoms with Crippen LogP contribution in [0.1, 0.15) is 5.56 Å². The summed E-state index contributed by atoms with van der Waals surface area (Å²) in [5, 5.41) is 0. The van der Waals surface area contributed by atoms with Gasteiger partial charge in [-0.15, -0.1) is 0 Å². The van der Waals surface area contributed by atoms with Gasteiger partial charge >= 0.3 is 0 Å². The van der Waals surface area contributed by atoms with E-state index in [0.29, 0.717) is 26.4 Å². The maximum absolute atomic E-state index is 13.1. The molecule has 4 rings (SSSR count). The molecule has 0 radical (unpaired) electrons. The Morgan fingerprint density at radius 3 is 2.75 bits per heavy atom. The predicted molar refractivity (Wildman–Crippen MR) is 94.6 cm³/mol. The van der Waals surface area contributed by atoms with E-state index < -0.39 is 0 Å². The molecule has 7 heteroatoms. The standard InChI is InChI=1S/C17H10FNO3S2/c18-11-4-6-12(7-5-11)19-16(20)14(24-17(19)23)8-10-2-1-3-13-15(10)22-9-21-13/h1-8H,9H2/b14-8+. The number of anilines is 1. The second-order valence-corrected chi connectivity index (χ2v) is 6.75. The van der Waals surface area contributed by atoms with Crippen LogP contribution in [-0.2, 0) is 4.79 Å². The fourth-order valence-corrected chi connectivity index (χ4v) is 3.78. The number of thiocarbonyl (C=S) groups is 1. The fraction of sp³-hybridized carbons (Fsp3) is 0.0588. The summed E-state index contributed by atoms with van der Waals surface area (Å²) < 4.78 is 24.3. The summed E-state index contributed by atoms with van der Waals surface area (Å²) in [6, 6.07) is 11.1. The van der Waals surface area contributed by atoms with Crippen LogP contribution in [-0.4, -0.2) is 17.0 Å². The molecule has 4 nitrogen and oxygen atoms in total. The van der Waals surface area contributed by atoms with Crippen molar-refractivity contribution in [2.75, 3.05) is 11.7 Å². The summed E-state index contributed by atoms with van der Waals surface area (Å²) in [5.41, 5.74) is 1.30. The minimum absolute atomic E-state index is 0.163. The summed E-state index contributed by atoms with van der Waals surface area (Å²) in [7, 11) is 0. The fourth-order valence-electron chi connectivity index (χ4n) is 2.49. The van der Waals surface area contributed by atoms with E-state index in [1.54, 1.807) is 6.08 Å². The second-order valence-electron chi connectivity index (χ2n) is 5.07. The minimum Gasteiger partial charge on any atom is -0.454 e. The largest absolute Gasteiger partial charge is 0.454 e. The van der Waals surface area contributed by atoms with Gasteiger partial charge in [-0.1, -0.05) is 36.1 Å². The zero-order valence-corrected chi connectivity index (χ0v) is 13.8. The quantitative estimate of drug-likeness (QED) is 0.599. The van der Waals surface area contributed by atoms with Gasteiger partial charge in [-0.25, -0.2) is 4.39 Å². The Kier molecular flexibility index (Phi) is 3.74. The van der Waals surface area contributed by atoms with E-state index in [9.17, 15) is 9.18 Å². The molecule has 2 aliphatic heterocycles. The highest BCUT2D eigenvalue weighted by atomic mass is 32.2. The molecule has 0 bridgehead atoms. The molecule has 0 aromatic heterocycles. The number of hydrogen-bond acceptors (Lipinski definition) is 5. The third-order valence-electron chi connectivity index (χ3n) is 3.59. The van der Waals surface area contributed by atoms with E-state index in [4.69, 9.17) is 21.7 Å². The van der Waals surface area contributed by atoms with Crippen LogP contribution < -0.4 is 14.4 Å². The topological polar surface area (TPSA) is 38.8 Å². The maximum Gasteiger partial charge on any atom is 0.270 e. The molecule has 1 fully saturated rings. The van der Waals surface area contributed by atoms with Crippen LogP contribution in [0.2, 0.25) is 0 Å². The molecule has 0 N–H and O–H groups in total. The van der Waals surface area contributed by atoms with E-state index >= 15 is 0 Å². The number of thioether (sulfide) groups is 1. The van der Waals surface area contributed by atoms with Crippen LogP contribution >= 0.6 is 24.0 Å². The number of carbonyl (C=O) groups is 1. The predicted octanol–water partition coefficient (Wildman–Crippen LogP) is 3.96. The Bertz CT molecular complexity index is 880. The van der Waals surface area contributed by atoms with Gasteiger partial charge in [-0.05, 0) is 36.4 Å². The molecule has 2 aromatic carbocycles. The van der Waals surface area contributed by atoms with Gasteiger partial charge in [0.15, 0.2) is 15.8 Å². The Hall–Kier alpha value is -2.38. The highest BCUT2D eigenvalue weighted by Crippen LogP contribution is 2.40. The van der Waals surface area contributed by atoms with E-state index in [-0.39, 0.29) is 18.5 Å². The van der Waals surface area contributed by atoms with Gasteiger partial charge in [-0.3, -0.25) is 9.69 Å². The number of ether oxygens (including phenoxy) is 2. The monoisotopic (exact) mass is 359 g/mol. The Balaban J connectivity index is 1.69. The van der Waals surface area contributed by atoms with Gasteiger partial charge in [0.1, 0.15) is 5.82 Å². The summed E-state index contributed by atoms with van der Waals surface area (Å²) in [6.45, 7) is 0.163. The SMILES string of the molecule is O=C1/C(=C\c2cccc3c2OCO3)SC(=S)N1c1ccc(F)cc1. The van der Waals surface area contributed by atoms with Crippen LogP contribution in [0.4, 0.5) is 10.1 Å². The molecule has 24 heavy (non-hydrogen) atoms. The van der Waals surface area contributed by atoms with Crippen LogP contribution in [0, 0.1) is 5.82 Å². The third-order valence-corrected chi connectivity index (χ3v) is 4.89. The molecule has 0 unspecified atom stereocenters. The van der Waals surface area contributed by atoms with Crippen LogP contribution in [0.5, 0.6) is 11.5 Å². The molecule has 0 atom stereocenters. The zero-order chi connectivity index (χ0) is 16.7. The number of nitrogens with zero attached hydrogens (tertiary/aromatic N) is 1. The number of halogens is 1. The van der Waals surface area contributed by atoms with Crippen molar-refractivity contribution < 1.29 is 18.7 Å². The average Bonchev–Trinajstić information content (AvgIpc) is 3.15. The van der Waals surface area contributed by atoms with Gasteiger partial charge in [0.25, 0.3) is 5.91 Å². The first-order chi connectivity index (χ1) is 11.6. The zero-order valence-electron chi connectivity index (χ0n) is 12.2. The first-order valence-corrected chi connectivity index (χ1v) is 8.28. The van der Waals surface area contributed by atoms with Crippen molar-refractivity contribution in [3.8, 4) is 11.5 Å². The number of carbonyl (C=O) groups excluding carboxylic acids is 1. The van der Waals surface area contributed by atoms with Crippen LogP contribution in [0.25, 0.3) is 6.08 Å². The van der Waals surface area contributed by atoms with Crippen molar-refractivity contribution >= 4 is 46.0 Å². The molecule has 1 amide bonds. The molecule has 0 spiro atoms. The van der Waals surface area contributed by atoms with E-state index in [1.165, 1.54) is 40.9 Å². The Labute approximate surface area is 146 Å². The average molecular weight is 359 g/mol. The van der Waals surface area contributed by atoms with Gasteiger partial charge < -0.3 is 9.47 Å². The lowest BCUT2D eigenvalue weighted by Gasteiger charge is -2.14. The minimum atomic E-state index is -0.364. The lowest BCUT2D eigenvalue weighted by Crippen LogP contribution is -2.27. The van der Waals surface area contributed by atoms with E-state index in [1.807, 2.05) is 18.2 Å². The molecular weight excluding hydrogens is 349 g/mol. The normalized spacial score (nSPS) is 17.9. The third kappa shape index (κ3) is 2.55. The molecule has 120 valence electrons. The van der Waals surface area contributed by atoms with Crippen molar-refractivity contribution in [2.24, 2.45) is 0 Å². The molecular formula is C17H10FNO3S2. The molecule has 0 aliphatic carbocycles. The maximum atomic E-state index is 13.1. The van der Waals surface area contributed by atoms with Crippen molar-refractivity contribution in [1.82, 2.24) is 0 Å². The van der Waals surface area contributed by atoms with Gasteiger partial charge in [0, 0.05) is 5.56 Å². The lowest BCUT2D eigenvalue weighted by atomic mass is 10.1. The molecule has 2 aromatic rings. The van der Waals surface area contributed by atoms with E-state index in [2.05, 4.69) is 0 Å². The molecule has 2 aliphatic rings. The summed E-state index contributed by atoms with van der Waals surface area (Å²) >= 11 is 6.50. The van der Waals surface area contributed by atoms with Gasteiger partial charge in [0.2, 0.25) is 6.79 Å². The smallest absolute Gasteiger partial charge is 0.270 e. The first kappa shape index (κ1) is 15.2. The Morgan fingerprint density at radius 2 is 1.96 bits per heavy atom. The summed E-state index contributed by atoms with van der Waals surface area (Å²) in [4.78, 5) is 14.6. The number of amides is 1. The van der Waals surface area contributed by atoms with Gasteiger partial charge in [0.05, 0.1) is 10.6 Å². The Morgan fingerprint density at radius 1 is 1.17 bits per heavy atom. The molecule has 2 heterocycles. The second kappa shape index (κ2) is 5.92. The van der Waals surface area contributed by atoms with Crippen molar-refractivity contribution in [3.05, 3.63) is 58.8 Å². The number of rotatable bonds is 2. The van der Waals surface area contributed by atoms with Crippen LogP contribution in [0.3, 0.4) is 0 Å². The molecule has 0 saturated carbocycles. The number of benzene rings is 2. The number of fused-ring (bicyclic) bond motifs is 1. The highest BCUT2D eigenvalue weighted by molar-refractivity contribution is 8.27. The van der Waals surface area contributed by atoms with E-state index in [0.717, 1.165) is 5.56 Å². The lowest BCUT2D eigenvalue weighted by molar-refractivity contribution is -0.113.